The van der Waals surface area contributed by atoms with Crippen molar-refractivity contribution in [3.8, 4) is 22.4 Å². The van der Waals surface area contributed by atoms with Crippen molar-refractivity contribution in [2.75, 3.05) is 12.3 Å². The third kappa shape index (κ3) is 5.17. The van der Waals surface area contributed by atoms with Crippen molar-refractivity contribution in [1.82, 2.24) is 29.7 Å². The second kappa shape index (κ2) is 10.5. The predicted octanol–water partition coefficient (Wildman–Crippen LogP) is 3.42. The van der Waals surface area contributed by atoms with Gasteiger partial charge in [0.25, 0.3) is 0 Å². The molecule has 0 saturated heterocycles. The number of carbonyl (C=O) groups is 1. The van der Waals surface area contributed by atoms with Gasteiger partial charge in [-0.2, -0.15) is 5.10 Å². The van der Waals surface area contributed by atoms with Crippen LogP contribution < -0.4 is 11.5 Å². The van der Waals surface area contributed by atoms with Crippen LogP contribution in [0.1, 0.15) is 37.4 Å². The van der Waals surface area contributed by atoms with E-state index >= 15 is 0 Å². The lowest BCUT2D eigenvalue weighted by Gasteiger charge is -2.24. The maximum Gasteiger partial charge on any atom is 0.220 e. The van der Waals surface area contributed by atoms with E-state index in [1.807, 2.05) is 48.8 Å². The number of nitrogen functional groups attached to an aromatic ring is 1. The number of carbonyl (C=O) groups excluding carboxylic acids is 1. The zero-order chi connectivity index (χ0) is 26.7. The molecule has 0 spiro atoms. The summed E-state index contributed by atoms with van der Waals surface area (Å²) in [5.74, 6) is 0.247. The number of aryl methyl sites for hydroxylation is 1. The molecule has 5 rings (SSSR count). The Balaban J connectivity index is 1.45. The van der Waals surface area contributed by atoms with E-state index in [1.54, 1.807) is 30.1 Å². The van der Waals surface area contributed by atoms with Gasteiger partial charge in [0.05, 0.1) is 17.6 Å². The number of H-pyrrole nitrogens is 1. The van der Waals surface area contributed by atoms with Gasteiger partial charge in [-0.15, -0.1) is 0 Å². The van der Waals surface area contributed by atoms with Gasteiger partial charge in [0.1, 0.15) is 17.0 Å². The summed E-state index contributed by atoms with van der Waals surface area (Å²) in [5.41, 5.74) is 15.1. The van der Waals surface area contributed by atoms with Crippen molar-refractivity contribution >= 4 is 22.8 Å². The summed E-state index contributed by atoms with van der Waals surface area (Å²) < 4.78 is 1.76. The molecule has 0 aliphatic carbocycles. The lowest BCUT2D eigenvalue weighted by Crippen LogP contribution is -2.25. The lowest BCUT2D eigenvalue weighted by atomic mass is 9.91. The maximum absolute atomic E-state index is 12.0. The Hall–Kier alpha value is -4.41. The number of nitrogens with one attached hydrogen (secondary N) is 1. The molecule has 1 aromatic carbocycles. The smallest absolute Gasteiger partial charge is 0.220 e. The van der Waals surface area contributed by atoms with Crippen LogP contribution in [0, 0.1) is 0 Å². The number of aromatic nitrogens is 6. The highest BCUT2D eigenvalue weighted by atomic mass is 16.3. The van der Waals surface area contributed by atoms with Crippen LogP contribution in [0.15, 0.2) is 67.3 Å². The van der Waals surface area contributed by atoms with Gasteiger partial charge in [-0.3, -0.25) is 9.48 Å². The van der Waals surface area contributed by atoms with E-state index in [4.69, 9.17) is 11.5 Å². The molecule has 1 unspecified atom stereocenters. The molecule has 5 aromatic rings. The van der Waals surface area contributed by atoms with Crippen LogP contribution >= 0.6 is 0 Å². The number of anilines is 1. The molecule has 10 heteroatoms. The third-order valence-corrected chi connectivity index (χ3v) is 6.63. The number of nitrogens with two attached hydrogens (primary N) is 2. The Morgan fingerprint density at radius 1 is 1.11 bits per heavy atom. The molecule has 4 aromatic heterocycles. The number of benzene rings is 1. The van der Waals surface area contributed by atoms with Gasteiger partial charge in [0.2, 0.25) is 5.95 Å². The molecular weight excluding hydrogens is 480 g/mol. The third-order valence-electron chi connectivity index (χ3n) is 6.63. The number of fused-ring (bicyclic) bond motifs is 1. The van der Waals surface area contributed by atoms with Gasteiger partial charge in [-0.25, -0.2) is 15.0 Å². The molecule has 0 aliphatic heterocycles. The number of ketones is 1. The van der Waals surface area contributed by atoms with Gasteiger partial charge in [-0.1, -0.05) is 30.3 Å². The number of aliphatic hydroxyl groups is 1. The molecule has 0 radical (unpaired) electrons. The Kier molecular flexibility index (Phi) is 6.99. The van der Waals surface area contributed by atoms with E-state index in [2.05, 4.69) is 25.0 Å². The second-order valence-electron chi connectivity index (χ2n) is 9.43. The molecule has 194 valence electrons. The molecule has 0 saturated carbocycles. The topological polar surface area (TPSA) is 162 Å². The summed E-state index contributed by atoms with van der Waals surface area (Å²) in [4.78, 5) is 28.5. The van der Waals surface area contributed by atoms with Gasteiger partial charge >= 0.3 is 0 Å². The fourth-order valence-corrected chi connectivity index (χ4v) is 4.44. The van der Waals surface area contributed by atoms with Crippen molar-refractivity contribution in [3.05, 3.63) is 78.5 Å². The van der Waals surface area contributed by atoms with Crippen LogP contribution in [0.4, 0.5) is 5.95 Å². The molecule has 38 heavy (non-hydrogen) atoms. The summed E-state index contributed by atoms with van der Waals surface area (Å²) in [5, 5.41) is 16.6. The Morgan fingerprint density at radius 2 is 1.92 bits per heavy atom. The SMILES string of the molecule is CC(O)(c1ccccc1)c1cc(-c2c[nH]c3ncc(-c4cnn(CCC(=O)CCCN)c4)cc23)nc(N)n1. The van der Waals surface area contributed by atoms with Crippen molar-refractivity contribution in [3.63, 3.8) is 0 Å². The average molecular weight is 511 g/mol. The maximum atomic E-state index is 12.0. The van der Waals surface area contributed by atoms with Crippen molar-refractivity contribution in [2.45, 2.75) is 38.3 Å². The minimum absolute atomic E-state index is 0.0643. The highest BCUT2D eigenvalue weighted by Crippen LogP contribution is 2.34. The van der Waals surface area contributed by atoms with Crippen LogP contribution in [0.25, 0.3) is 33.4 Å². The summed E-state index contributed by atoms with van der Waals surface area (Å²) in [6.07, 6.45) is 8.89. The zero-order valence-electron chi connectivity index (χ0n) is 21.1. The summed E-state index contributed by atoms with van der Waals surface area (Å²) in [7, 11) is 0. The number of hydrogen-bond acceptors (Lipinski definition) is 8. The van der Waals surface area contributed by atoms with E-state index in [0.717, 1.165) is 22.1 Å². The number of Topliss-reactive ketones (excluding diaryl/α,β-unsaturated/α-hetero) is 1. The second-order valence-corrected chi connectivity index (χ2v) is 9.43. The Bertz CT molecular complexity index is 1570. The standard InChI is InChI=1S/C28H30N8O2/c1-28(38,20-6-3-2-4-7-20)25-13-24(34-27(30)35-25)23-16-32-26-22(23)12-18(14-31-26)19-15-33-36(17-19)11-9-21(37)8-5-10-29/h2-4,6-7,12-17,38H,5,8-11,29H2,1H3,(H,31,32)(H2,30,34,35). The summed E-state index contributed by atoms with van der Waals surface area (Å²) >= 11 is 0. The molecule has 0 fully saturated rings. The highest BCUT2D eigenvalue weighted by Gasteiger charge is 2.28. The van der Waals surface area contributed by atoms with Crippen LogP contribution in [-0.4, -0.2) is 47.2 Å². The monoisotopic (exact) mass is 510 g/mol. The Morgan fingerprint density at radius 3 is 2.71 bits per heavy atom. The quantitative estimate of drug-likeness (QED) is 0.222. The number of rotatable bonds is 10. The average Bonchev–Trinajstić information content (AvgIpc) is 3.58. The van der Waals surface area contributed by atoms with Crippen LogP contribution in [0.2, 0.25) is 0 Å². The molecule has 0 amide bonds. The fourth-order valence-electron chi connectivity index (χ4n) is 4.44. The van der Waals surface area contributed by atoms with E-state index in [9.17, 15) is 9.90 Å². The minimum atomic E-state index is -1.36. The largest absolute Gasteiger partial charge is 0.379 e. The van der Waals surface area contributed by atoms with Crippen molar-refractivity contribution in [1.29, 1.82) is 0 Å². The molecular formula is C28H30N8O2. The van der Waals surface area contributed by atoms with Crippen LogP contribution in [0.3, 0.4) is 0 Å². The molecule has 0 bridgehead atoms. The van der Waals surface area contributed by atoms with Crippen LogP contribution in [0.5, 0.6) is 0 Å². The van der Waals surface area contributed by atoms with Gasteiger partial charge < -0.3 is 21.6 Å². The first-order valence-corrected chi connectivity index (χ1v) is 12.5. The van der Waals surface area contributed by atoms with Gasteiger partial charge in [0.15, 0.2) is 0 Å². The first-order valence-electron chi connectivity index (χ1n) is 12.5. The highest BCUT2D eigenvalue weighted by molar-refractivity contribution is 5.95. The van der Waals surface area contributed by atoms with E-state index in [1.165, 1.54) is 0 Å². The van der Waals surface area contributed by atoms with Gasteiger partial charge in [0, 0.05) is 60.1 Å². The number of nitrogens with zero attached hydrogens (tertiary/aromatic N) is 5. The molecule has 0 aliphatic rings. The summed E-state index contributed by atoms with van der Waals surface area (Å²) in [6, 6.07) is 13.1. The number of pyridine rings is 1. The predicted molar refractivity (Wildman–Crippen MR) is 146 cm³/mol. The van der Waals surface area contributed by atoms with E-state index < -0.39 is 5.60 Å². The molecule has 4 heterocycles. The number of aromatic amines is 1. The first kappa shape index (κ1) is 25.2. The first-order chi connectivity index (χ1) is 18.3. The lowest BCUT2D eigenvalue weighted by molar-refractivity contribution is -0.119. The Labute approximate surface area is 219 Å². The molecule has 6 N–H and O–H groups in total. The minimum Gasteiger partial charge on any atom is -0.379 e. The van der Waals surface area contributed by atoms with Crippen molar-refractivity contribution in [2.24, 2.45) is 5.73 Å². The molecule has 1 atom stereocenters. The zero-order valence-corrected chi connectivity index (χ0v) is 21.1. The normalized spacial score (nSPS) is 13.0. The fraction of sp³-hybridized carbons (Fsp3) is 0.250. The van der Waals surface area contributed by atoms with E-state index in [0.29, 0.717) is 55.0 Å². The van der Waals surface area contributed by atoms with Crippen LogP contribution in [-0.2, 0) is 16.9 Å². The van der Waals surface area contributed by atoms with E-state index in [-0.39, 0.29) is 11.7 Å². The molecule has 10 nitrogen and oxygen atoms in total. The van der Waals surface area contributed by atoms with Crippen molar-refractivity contribution < 1.29 is 9.90 Å². The summed E-state index contributed by atoms with van der Waals surface area (Å²) in [6.45, 7) is 2.72. The number of hydrogen-bond donors (Lipinski definition) is 4. The van der Waals surface area contributed by atoms with Gasteiger partial charge in [-0.05, 0) is 37.6 Å².